The predicted molar refractivity (Wildman–Crippen MR) is 143 cm³/mol. The first kappa shape index (κ1) is 37.0. The van der Waals surface area contributed by atoms with Gasteiger partial charge >= 0.3 is 12.4 Å². The second-order valence-corrected chi connectivity index (χ2v) is 8.66. The zero-order valence-corrected chi connectivity index (χ0v) is 23.4. The van der Waals surface area contributed by atoms with Gasteiger partial charge in [-0.1, -0.05) is 80.6 Å². The highest BCUT2D eigenvalue weighted by atomic mass is 35.5. The molecule has 1 N–H and O–H groups in total. The molecule has 1 aliphatic heterocycles. The van der Waals surface area contributed by atoms with Crippen LogP contribution in [0, 0.1) is 17.7 Å². The molecule has 2 aromatic rings. The fourth-order valence-corrected chi connectivity index (χ4v) is 3.59. The third-order valence-corrected chi connectivity index (χ3v) is 5.28. The molecule has 11 heteroatoms. The SMILES string of the molecule is C=C(C)C#CC(c1c(C(F)(F)F)ccc(Cl)c1F)N1CCCCC1.CC.CC(=O)O.FC(F)(F)c1ccccc1. The van der Waals surface area contributed by atoms with E-state index in [1.807, 2.05) is 13.8 Å². The van der Waals surface area contributed by atoms with Crippen LogP contribution in [-0.4, -0.2) is 29.1 Å². The summed E-state index contributed by atoms with van der Waals surface area (Å²) < 4.78 is 90.1. The largest absolute Gasteiger partial charge is 0.481 e. The Morgan fingerprint density at radius 3 is 1.85 bits per heavy atom. The first-order valence-electron chi connectivity index (χ1n) is 12.3. The number of benzene rings is 2. The Hall–Kier alpha value is -3.03. The molecule has 0 radical (unpaired) electrons. The summed E-state index contributed by atoms with van der Waals surface area (Å²) in [7, 11) is 0. The smallest absolute Gasteiger partial charge is 0.416 e. The van der Waals surface area contributed by atoms with Crippen molar-refractivity contribution in [1.82, 2.24) is 4.90 Å². The van der Waals surface area contributed by atoms with E-state index in [1.54, 1.807) is 17.9 Å². The van der Waals surface area contributed by atoms with Gasteiger partial charge in [-0.25, -0.2) is 4.39 Å². The van der Waals surface area contributed by atoms with Crippen molar-refractivity contribution in [3.8, 4) is 11.8 Å². The Kier molecular flexibility index (Phi) is 16.3. The van der Waals surface area contributed by atoms with Crippen molar-refractivity contribution in [3.63, 3.8) is 0 Å². The van der Waals surface area contributed by atoms with Crippen LogP contribution >= 0.6 is 11.6 Å². The molecule has 0 aromatic heterocycles. The summed E-state index contributed by atoms with van der Waals surface area (Å²) in [5.74, 6) is 3.58. The van der Waals surface area contributed by atoms with Crippen molar-refractivity contribution in [2.45, 2.75) is 65.4 Å². The maximum Gasteiger partial charge on any atom is 0.416 e. The molecular weight excluding hydrogens is 563 g/mol. The minimum absolute atomic E-state index is 0.336. The van der Waals surface area contributed by atoms with Gasteiger partial charge in [0.15, 0.2) is 0 Å². The highest BCUT2D eigenvalue weighted by Crippen LogP contribution is 2.40. The minimum Gasteiger partial charge on any atom is -0.481 e. The molecule has 2 aromatic carbocycles. The van der Waals surface area contributed by atoms with E-state index in [0.717, 1.165) is 50.5 Å². The normalized spacial score (nSPS) is 13.9. The second-order valence-electron chi connectivity index (χ2n) is 8.25. The third kappa shape index (κ3) is 13.4. The molecule has 3 rings (SSSR count). The van der Waals surface area contributed by atoms with E-state index < -0.39 is 46.9 Å². The van der Waals surface area contributed by atoms with Gasteiger partial charge in [-0.2, -0.15) is 26.3 Å². The van der Waals surface area contributed by atoms with Crippen LogP contribution in [0.1, 0.15) is 69.7 Å². The highest BCUT2D eigenvalue weighted by molar-refractivity contribution is 6.30. The van der Waals surface area contributed by atoms with Gasteiger partial charge in [0.05, 0.1) is 16.1 Å². The number of rotatable bonds is 2. The van der Waals surface area contributed by atoms with Crippen molar-refractivity contribution >= 4 is 17.6 Å². The molecule has 0 bridgehead atoms. The standard InChI is InChI=1S/C18H18ClF4N.C7H5F3.C2H4O2.C2H6/c1-12(2)6-9-15(24-10-4-3-5-11-24)16-13(18(21,22)23)7-8-14(19)17(16)20;8-7(9,10)6-4-2-1-3-5-6;1-2(3)4;1-2/h7-8,15H,1,3-5,10-11H2,2H3;1-5H;1H3,(H,3,4);1-2H3. The molecule has 1 aliphatic rings. The number of aliphatic carboxylic acids is 1. The lowest BCUT2D eigenvalue weighted by Gasteiger charge is -2.33. The van der Waals surface area contributed by atoms with Gasteiger partial charge in [0.1, 0.15) is 11.9 Å². The zero-order valence-electron chi connectivity index (χ0n) is 22.7. The molecule has 3 nitrogen and oxygen atoms in total. The van der Waals surface area contributed by atoms with E-state index in [-0.39, 0.29) is 5.02 Å². The van der Waals surface area contributed by atoms with E-state index in [2.05, 4.69) is 18.4 Å². The van der Waals surface area contributed by atoms with Crippen molar-refractivity contribution in [2.75, 3.05) is 13.1 Å². The first-order chi connectivity index (χ1) is 18.6. The van der Waals surface area contributed by atoms with Gasteiger partial charge in [-0.15, -0.1) is 0 Å². The lowest BCUT2D eigenvalue weighted by molar-refractivity contribution is -0.139. The molecule has 1 heterocycles. The molecule has 1 atom stereocenters. The summed E-state index contributed by atoms with van der Waals surface area (Å²) in [6.07, 6.45) is -6.20. The first-order valence-corrected chi connectivity index (χ1v) is 12.7. The summed E-state index contributed by atoms with van der Waals surface area (Å²) in [5.41, 5.74) is -1.62. The number of nitrogens with zero attached hydrogens (tertiary/aromatic N) is 1. The Bertz CT molecular complexity index is 1130. The molecule has 0 amide bonds. The van der Waals surface area contributed by atoms with Crippen LogP contribution in [0.5, 0.6) is 0 Å². The van der Waals surface area contributed by atoms with Gasteiger partial charge in [-0.3, -0.25) is 9.69 Å². The van der Waals surface area contributed by atoms with Crippen LogP contribution in [0.25, 0.3) is 0 Å². The fourth-order valence-electron chi connectivity index (χ4n) is 3.42. The Morgan fingerprint density at radius 1 is 0.950 bits per heavy atom. The van der Waals surface area contributed by atoms with Crippen molar-refractivity contribution in [2.24, 2.45) is 0 Å². The van der Waals surface area contributed by atoms with E-state index >= 15 is 0 Å². The van der Waals surface area contributed by atoms with Crippen molar-refractivity contribution < 1.29 is 40.6 Å². The quantitative estimate of drug-likeness (QED) is 0.278. The number of allylic oxidation sites excluding steroid dienone is 1. The number of hydrogen-bond donors (Lipinski definition) is 1. The molecule has 1 saturated heterocycles. The van der Waals surface area contributed by atoms with Gasteiger partial charge in [0, 0.05) is 12.5 Å². The number of hydrogen-bond acceptors (Lipinski definition) is 2. The van der Waals surface area contributed by atoms with Gasteiger partial charge < -0.3 is 5.11 Å². The second kappa shape index (κ2) is 17.6. The predicted octanol–water partition coefficient (Wildman–Crippen LogP) is 9.43. The molecule has 0 spiro atoms. The van der Waals surface area contributed by atoms with Crippen molar-refractivity contribution in [3.05, 3.63) is 82.1 Å². The van der Waals surface area contributed by atoms with Crippen LogP contribution in [0.4, 0.5) is 30.7 Å². The molecule has 1 unspecified atom stereocenters. The average molecular weight is 596 g/mol. The van der Waals surface area contributed by atoms with Crippen LogP contribution in [0.3, 0.4) is 0 Å². The molecular formula is C29H33ClF7NO2. The maximum atomic E-state index is 14.6. The summed E-state index contributed by atoms with van der Waals surface area (Å²) in [5, 5.41) is 7.08. The average Bonchev–Trinajstić information content (AvgIpc) is 2.87. The molecule has 40 heavy (non-hydrogen) atoms. The topological polar surface area (TPSA) is 40.5 Å². The molecule has 222 valence electrons. The highest BCUT2D eigenvalue weighted by Gasteiger charge is 2.39. The maximum absolute atomic E-state index is 14.6. The van der Waals surface area contributed by atoms with Gasteiger partial charge in [0.25, 0.3) is 5.97 Å². The molecule has 0 aliphatic carbocycles. The Balaban J connectivity index is 0.000000782. The molecule has 1 fully saturated rings. The van der Waals surface area contributed by atoms with E-state index in [9.17, 15) is 30.7 Å². The number of alkyl halides is 6. The Morgan fingerprint density at radius 2 is 1.45 bits per heavy atom. The van der Waals surface area contributed by atoms with Crippen LogP contribution in [0.15, 0.2) is 54.6 Å². The monoisotopic (exact) mass is 595 g/mol. The summed E-state index contributed by atoms with van der Waals surface area (Å²) in [4.78, 5) is 10.8. The zero-order chi connectivity index (χ0) is 31.1. The minimum atomic E-state index is -4.68. The number of halogens is 8. The molecule has 0 saturated carbocycles. The fraction of sp³-hybridized carbons (Fsp3) is 0.414. The number of carboxylic acid groups (broad SMARTS) is 1. The summed E-state index contributed by atoms with van der Waals surface area (Å²) in [6.45, 7) is 11.5. The van der Waals surface area contributed by atoms with Crippen molar-refractivity contribution in [1.29, 1.82) is 0 Å². The van der Waals surface area contributed by atoms with Gasteiger partial charge in [0.2, 0.25) is 0 Å². The van der Waals surface area contributed by atoms with Crippen LogP contribution < -0.4 is 0 Å². The van der Waals surface area contributed by atoms with E-state index in [1.165, 1.54) is 12.1 Å². The lowest BCUT2D eigenvalue weighted by atomic mass is 9.96. The summed E-state index contributed by atoms with van der Waals surface area (Å²) in [6, 6.07) is 7.11. The number of piperidine rings is 1. The summed E-state index contributed by atoms with van der Waals surface area (Å²) >= 11 is 5.75. The number of carbonyl (C=O) groups is 1. The van der Waals surface area contributed by atoms with Crippen LogP contribution in [0.2, 0.25) is 5.02 Å². The number of carboxylic acids is 1. The van der Waals surface area contributed by atoms with E-state index in [0.29, 0.717) is 18.7 Å². The van der Waals surface area contributed by atoms with Crippen LogP contribution in [-0.2, 0) is 17.1 Å². The number of likely N-dealkylation sites (tertiary alicyclic amines) is 1. The third-order valence-electron chi connectivity index (χ3n) is 4.99. The lowest BCUT2D eigenvalue weighted by Crippen LogP contribution is -2.34. The van der Waals surface area contributed by atoms with Gasteiger partial charge in [-0.05, 0) is 50.6 Å². The Labute approximate surface area is 235 Å². The van der Waals surface area contributed by atoms with E-state index in [4.69, 9.17) is 21.5 Å².